The predicted octanol–water partition coefficient (Wildman–Crippen LogP) is -0.491. The van der Waals surface area contributed by atoms with E-state index >= 15 is 0 Å². The Labute approximate surface area is 54.4 Å². The van der Waals surface area contributed by atoms with Crippen LogP contribution in [0.5, 0.6) is 0 Å². The molecular weight excluding hydrogens is 124 g/mol. The van der Waals surface area contributed by atoms with Crippen LogP contribution in [0.1, 0.15) is 0 Å². The van der Waals surface area contributed by atoms with Gasteiger partial charge in [-0.05, 0) is 0 Å². The molecule has 48 valence electrons. The highest BCUT2D eigenvalue weighted by Gasteiger charge is 1.94. The Morgan fingerprint density at radius 3 is 2.38 bits per heavy atom. The van der Waals surface area contributed by atoms with E-state index < -0.39 is 0 Å². The van der Waals surface area contributed by atoms with Crippen LogP contribution in [0.4, 0.5) is 0 Å². The van der Waals surface area contributed by atoms with Crippen LogP contribution >= 0.6 is 12.6 Å². The number of thiol groups is 1. The van der Waals surface area contributed by atoms with Crippen molar-refractivity contribution in [3.05, 3.63) is 0 Å². The minimum atomic E-state index is -0.0849. The lowest BCUT2D eigenvalue weighted by Gasteiger charge is -2.09. The molecule has 0 aliphatic carbocycles. The van der Waals surface area contributed by atoms with Crippen molar-refractivity contribution in [2.75, 3.05) is 19.8 Å². The number of hydrazine groups is 1. The molecule has 0 atom stereocenters. The fourth-order valence-electron chi connectivity index (χ4n) is 0.285. The summed E-state index contributed by atoms with van der Waals surface area (Å²) in [5.74, 6) is 0.149. The predicted molar refractivity (Wildman–Crippen MR) is 35.7 cm³/mol. The lowest BCUT2D eigenvalue weighted by Crippen LogP contribution is -2.36. The molecule has 0 heterocycles. The standard InChI is InChI=1S/C4H10N2OS/c1-6(2)5-4(7)3-8/h8H,3H2,1-2H3,(H,5,7). The molecule has 0 fully saturated rings. The van der Waals surface area contributed by atoms with Crippen LogP contribution in [0.3, 0.4) is 0 Å². The van der Waals surface area contributed by atoms with Crippen LogP contribution in [0.2, 0.25) is 0 Å². The number of rotatable bonds is 2. The smallest absolute Gasteiger partial charge is 0.243 e. The van der Waals surface area contributed by atoms with Gasteiger partial charge in [0, 0.05) is 14.1 Å². The number of hydrogen-bond acceptors (Lipinski definition) is 3. The first-order valence-corrected chi connectivity index (χ1v) is 2.87. The second-order valence-corrected chi connectivity index (χ2v) is 1.90. The first-order chi connectivity index (χ1) is 3.66. The van der Waals surface area contributed by atoms with Crippen LogP contribution < -0.4 is 5.43 Å². The van der Waals surface area contributed by atoms with Gasteiger partial charge in [0.15, 0.2) is 0 Å². The van der Waals surface area contributed by atoms with Gasteiger partial charge < -0.3 is 0 Å². The maximum atomic E-state index is 10.4. The summed E-state index contributed by atoms with van der Waals surface area (Å²) in [6, 6.07) is 0. The van der Waals surface area contributed by atoms with Gasteiger partial charge in [-0.25, -0.2) is 5.01 Å². The molecule has 8 heavy (non-hydrogen) atoms. The van der Waals surface area contributed by atoms with Crippen LogP contribution in [-0.2, 0) is 4.79 Å². The van der Waals surface area contributed by atoms with E-state index in [2.05, 4.69) is 18.1 Å². The van der Waals surface area contributed by atoms with E-state index in [1.165, 1.54) is 0 Å². The Hall–Kier alpha value is -0.220. The van der Waals surface area contributed by atoms with E-state index in [-0.39, 0.29) is 11.7 Å². The quantitative estimate of drug-likeness (QED) is 0.394. The molecule has 0 aromatic heterocycles. The number of nitrogens with zero attached hydrogens (tertiary/aromatic N) is 1. The fraction of sp³-hybridized carbons (Fsp3) is 0.750. The van der Waals surface area contributed by atoms with Crippen molar-refractivity contribution in [2.24, 2.45) is 0 Å². The van der Waals surface area contributed by atoms with Crippen molar-refractivity contribution in [3.63, 3.8) is 0 Å². The van der Waals surface area contributed by atoms with Gasteiger partial charge in [-0.1, -0.05) is 0 Å². The largest absolute Gasteiger partial charge is 0.289 e. The van der Waals surface area contributed by atoms with Gasteiger partial charge in [0.2, 0.25) is 5.91 Å². The van der Waals surface area contributed by atoms with Gasteiger partial charge in [-0.15, -0.1) is 0 Å². The summed E-state index contributed by atoms with van der Waals surface area (Å²) in [6.45, 7) is 0. The minimum absolute atomic E-state index is 0.0849. The first kappa shape index (κ1) is 7.78. The molecule has 1 amide bonds. The Bertz CT molecular complexity index is 84.1. The van der Waals surface area contributed by atoms with Crippen molar-refractivity contribution in [1.29, 1.82) is 0 Å². The molecule has 0 aromatic rings. The van der Waals surface area contributed by atoms with Crippen molar-refractivity contribution >= 4 is 18.5 Å². The highest BCUT2D eigenvalue weighted by atomic mass is 32.1. The van der Waals surface area contributed by atoms with E-state index in [0.717, 1.165) is 0 Å². The van der Waals surface area contributed by atoms with E-state index in [1.807, 2.05) is 0 Å². The number of amides is 1. The summed E-state index contributed by atoms with van der Waals surface area (Å²) in [4.78, 5) is 10.4. The normalized spacial score (nSPS) is 9.50. The maximum absolute atomic E-state index is 10.4. The average Bonchev–Trinajstić information content (AvgIpc) is 1.65. The summed E-state index contributed by atoms with van der Waals surface area (Å²) in [5.41, 5.74) is 2.51. The number of carbonyl (C=O) groups is 1. The highest BCUT2D eigenvalue weighted by molar-refractivity contribution is 7.81. The topological polar surface area (TPSA) is 32.3 Å². The molecule has 0 saturated carbocycles. The van der Waals surface area contributed by atoms with E-state index in [4.69, 9.17) is 0 Å². The molecule has 0 saturated heterocycles. The number of carbonyl (C=O) groups excluding carboxylic acids is 1. The molecule has 1 N–H and O–H groups in total. The molecule has 0 aromatic carbocycles. The number of hydrogen-bond donors (Lipinski definition) is 2. The molecule has 4 heteroatoms. The molecule has 0 radical (unpaired) electrons. The monoisotopic (exact) mass is 134 g/mol. The molecule has 0 rings (SSSR count). The van der Waals surface area contributed by atoms with Gasteiger partial charge in [-0.2, -0.15) is 12.6 Å². The number of nitrogens with one attached hydrogen (secondary N) is 1. The summed E-state index contributed by atoms with van der Waals surface area (Å²) >= 11 is 3.75. The van der Waals surface area contributed by atoms with Crippen LogP contribution in [0.25, 0.3) is 0 Å². The lowest BCUT2D eigenvalue weighted by atomic mass is 10.7. The maximum Gasteiger partial charge on any atom is 0.243 e. The molecule has 0 unspecified atom stereocenters. The lowest BCUT2D eigenvalue weighted by molar-refractivity contribution is -0.122. The fourth-order valence-corrected chi connectivity index (χ4v) is 0.355. The molecular formula is C4H10N2OS. The Morgan fingerprint density at radius 2 is 2.25 bits per heavy atom. The van der Waals surface area contributed by atoms with Gasteiger partial charge in [0.05, 0.1) is 5.75 Å². The Morgan fingerprint density at radius 1 is 1.75 bits per heavy atom. The third-order valence-corrected chi connectivity index (χ3v) is 0.779. The third kappa shape index (κ3) is 3.95. The zero-order chi connectivity index (χ0) is 6.57. The highest BCUT2D eigenvalue weighted by Crippen LogP contribution is 1.72. The van der Waals surface area contributed by atoms with Gasteiger partial charge in [-0.3, -0.25) is 10.2 Å². The minimum Gasteiger partial charge on any atom is -0.289 e. The van der Waals surface area contributed by atoms with Crippen LogP contribution in [0.15, 0.2) is 0 Å². The first-order valence-electron chi connectivity index (χ1n) is 2.24. The van der Waals surface area contributed by atoms with E-state index in [1.54, 1.807) is 19.1 Å². The Kier molecular flexibility index (Phi) is 3.64. The summed E-state index contributed by atoms with van der Waals surface area (Å²) in [5, 5.41) is 1.58. The van der Waals surface area contributed by atoms with Gasteiger partial charge >= 0.3 is 0 Å². The molecule has 0 aliphatic rings. The third-order valence-electron chi connectivity index (χ3n) is 0.492. The molecule has 0 spiro atoms. The van der Waals surface area contributed by atoms with E-state index in [0.29, 0.717) is 0 Å². The summed E-state index contributed by atoms with van der Waals surface area (Å²) < 4.78 is 0. The SMILES string of the molecule is CN(C)NC(=O)CS. The average molecular weight is 134 g/mol. The second-order valence-electron chi connectivity index (χ2n) is 1.59. The zero-order valence-corrected chi connectivity index (χ0v) is 5.90. The van der Waals surface area contributed by atoms with Crippen molar-refractivity contribution in [1.82, 2.24) is 10.4 Å². The summed E-state index contributed by atoms with van der Waals surface area (Å²) in [7, 11) is 3.50. The second kappa shape index (κ2) is 3.74. The summed E-state index contributed by atoms with van der Waals surface area (Å²) in [6.07, 6.45) is 0. The van der Waals surface area contributed by atoms with Crippen molar-refractivity contribution in [2.45, 2.75) is 0 Å². The van der Waals surface area contributed by atoms with Crippen LogP contribution in [0, 0.1) is 0 Å². The van der Waals surface area contributed by atoms with Crippen molar-refractivity contribution < 1.29 is 4.79 Å². The zero-order valence-electron chi connectivity index (χ0n) is 5.01. The molecule has 0 aliphatic heterocycles. The molecule has 0 bridgehead atoms. The molecule has 3 nitrogen and oxygen atoms in total. The van der Waals surface area contributed by atoms with Gasteiger partial charge in [0.25, 0.3) is 0 Å². The van der Waals surface area contributed by atoms with E-state index in [9.17, 15) is 4.79 Å². The Balaban J connectivity index is 3.25. The van der Waals surface area contributed by atoms with Crippen molar-refractivity contribution in [3.8, 4) is 0 Å². The van der Waals surface area contributed by atoms with Crippen LogP contribution in [-0.4, -0.2) is 30.8 Å². The van der Waals surface area contributed by atoms with Gasteiger partial charge in [0.1, 0.15) is 0 Å².